The molecule has 0 unspecified atom stereocenters. The summed E-state index contributed by atoms with van der Waals surface area (Å²) in [7, 11) is -3.61. The number of benzene rings is 1. The monoisotopic (exact) mass is 375 g/mol. The minimum Gasteiger partial charge on any atom is -0.266 e. The summed E-state index contributed by atoms with van der Waals surface area (Å²) < 4.78 is 29.9. The molecule has 3 rings (SSSR count). The first-order valence-electron chi connectivity index (χ1n) is 8.10. The van der Waals surface area contributed by atoms with Crippen molar-refractivity contribution < 1.29 is 8.42 Å². The Kier molecular flexibility index (Phi) is 5.36. The van der Waals surface area contributed by atoms with Crippen LogP contribution < -0.4 is 4.72 Å². The lowest BCUT2D eigenvalue weighted by Crippen LogP contribution is -2.27. The Morgan fingerprint density at radius 3 is 2.56 bits per heavy atom. The van der Waals surface area contributed by atoms with E-state index < -0.39 is 10.0 Å². The van der Waals surface area contributed by atoms with Gasteiger partial charge in [-0.2, -0.15) is 5.10 Å². The Morgan fingerprint density at radius 2 is 1.92 bits per heavy atom. The quantitative estimate of drug-likeness (QED) is 0.686. The van der Waals surface area contributed by atoms with Crippen molar-refractivity contribution >= 4 is 21.4 Å². The molecule has 25 heavy (non-hydrogen) atoms. The predicted molar refractivity (Wildman–Crippen MR) is 101 cm³/mol. The molecule has 0 saturated heterocycles. The Labute approximate surface area is 152 Å². The van der Waals surface area contributed by atoms with Gasteiger partial charge in [-0.3, -0.25) is 4.68 Å². The average Bonchev–Trinajstić information content (AvgIpc) is 3.23. The zero-order chi connectivity index (χ0) is 17.9. The van der Waals surface area contributed by atoms with Gasteiger partial charge in [-0.15, -0.1) is 11.3 Å². The standard InChI is InChI=1S/C18H21N3O2S2/c1-14(2)11-19-25(22,23)17-13-21(12-15-7-4-3-5-8-15)20-18(17)16-9-6-10-24-16/h3-10,13-14,19H,11-12H2,1-2H3. The molecule has 0 saturated carbocycles. The molecule has 5 nitrogen and oxygen atoms in total. The van der Waals surface area contributed by atoms with Crippen molar-refractivity contribution in [2.45, 2.75) is 25.3 Å². The fourth-order valence-electron chi connectivity index (χ4n) is 2.39. The topological polar surface area (TPSA) is 64.0 Å². The van der Waals surface area contributed by atoms with Gasteiger partial charge in [0.1, 0.15) is 10.6 Å². The lowest BCUT2D eigenvalue weighted by atomic mass is 10.2. The summed E-state index contributed by atoms with van der Waals surface area (Å²) in [5.74, 6) is 0.235. The first kappa shape index (κ1) is 17.8. The first-order chi connectivity index (χ1) is 12.0. The van der Waals surface area contributed by atoms with Crippen LogP contribution in [-0.2, 0) is 16.6 Å². The minimum absolute atomic E-state index is 0.228. The summed E-state index contributed by atoms with van der Waals surface area (Å²) in [5, 5.41) is 6.47. The van der Waals surface area contributed by atoms with Crippen LogP contribution in [0.1, 0.15) is 19.4 Å². The van der Waals surface area contributed by atoms with E-state index >= 15 is 0 Å². The van der Waals surface area contributed by atoms with Crippen LogP contribution in [0.25, 0.3) is 10.6 Å². The molecule has 0 aliphatic heterocycles. The highest BCUT2D eigenvalue weighted by atomic mass is 32.2. The van der Waals surface area contributed by atoms with Crippen LogP contribution in [0, 0.1) is 5.92 Å². The summed E-state index contributed by atoms with van der Waals surface area (Å²) in [5.41, 5.74) is 1.57. The maximum atomic E-state index is 12.8. The molecule has 0 bridgehead atoms. The highest BCUT2D eigenvalue weighted by molar-refractivity contribution is 7.89. The average molecular weight is 376 g/mol. The van der Waals surface area contributed by atoms with Crippen molar-refractivity contribution in [3.63, 3.8) is 0 Å². The highest BCUT2D eigenvalue weighted by Gasteiger charge is 2.24. The molecule has 0 radical (unpaired) electrons. The van der Waals surface area contributed by atoms with Gasteiger partial charge in [0.2, 0.25) is 10.0 Å². The first-order valence-corrected chi connectivity index (χ1v) is 10.5. The predicted octanol–water partition coefficient (Wildman–Crippen LogP) is 3.59. The van der Waals surface area contributed by atoms with Crippen LogP contribution in [0.5, 0.6) is 0 Å². The van der Waals surface area contributed by atoms with Crippen molar-refractivity contribution in [1.82, 2.24) is 14.5 Å². The van der Waals surface area contributed by atoms with E-state index in [1.54, 1.807) is 10.9 Å². The van der Waals surface area contributed by atoms with Crippen LogP contribution in [0.4, 0.5) is 0 Å². The summed E-state index contributed by atoms with van der Waals surface area (Å²) in [6.45, 7) is 4.87. The summed E-state index contributed by atoms with van der Waals surface area (Å²) in [6.07, 6.45) is 1.62. The number of hydrogen-bond acceptors (Lipinski definition) is 4. The highest BCUT2D eigenvalue weighted by Crippen LogP contribution is 2.29. The maximum Gasteiger partial charge on any atom is 0.244 e. The number of sulfonamides is 1. The van der Waals surface area contributed by atoms with Crippen molar-refractivity contribution in [2.24, 2.45) is 5.92 Å². The third-order valence-corrected chi connectivity index (χ3v) is 5.94. The fourth-order valence-corrected chi connectivity index (χ4v) is 4.55. The number of nitrogens with one attached hydrogen (secondary N) is 1. The van der Waals surface area contributed by atoms with E-state index in [0.717, 1.165) is 10.4 Å². The van der Waals surface area contributed by atoms with Crippen LogP contribution >= 0.6 is 11.3 Å². The van der Waals surface area contributed by atoms with Gasteiger partial charge in [0.05, 0.1) is 11.4 Å². The molecule has 132 valence electrons. The number of aromatic nitrogens is 2. The number of hydrogen-bond donors (Lipinski definition) is 1. The smallest absolute Gasteiger partial charge is 0.244 e. The molecule has 3 aromatic rings. The second-order valence-corrected chi connectivity index (χ2v) is 8.93. The van der Waals surface area contributed by atoms with Crippen molar-refractivity contribution in [3.8, 4) is 10.6 Å². The van der Waals surface area contributed by atoms with Gasteiger partial charge in [-0.25, -0.2) is 13.1 Å². The molecule has 2 heterocycles. The maximum absolute atomic E-state index is 12.8. The lowest BCUT2D eigenvalue weighted by Gasteiger charge is -2.08. The van der Waals surface area contributed by atoms with Gasteiger partial charge in [0.15, 0.2) is 0 Å². The second-order valence-electron chi connectivity index (χ2n) is 6.25. The van der Waals surface area contributed by atoms with Gasteiger partial charge in [0, 0.05) is 12.7 Å². The molecule has 1 N–H and O–H groups in total. The normalized spacial score (nSPS) is 12.0. The Bertz CT molecular complexity index is 915. The van der Waals surface area contributed by atoms with Gasteiger partial charge >= 0.3 is 0 Å². The Balaban J connectivity index is 1.98. The van der Waals surface area contributed by atoms with Crippen molar-refractivity contribution in [3.05, 3.63) is 59.6 Å². The minimum atomic E-state index is -3.61. The molecule has 1 aromatic carbocycles. The number of nitrogens with zero attached hydrogens (tertiary/aromatic N) is 2. The van der Waals surface area contributed by atoms with E-state index in [1.165, 1.54) is 11.3 Å². The molecule has 0 amide bonds. The largest absolute Gasteiger partial charge is 0.266 e. The molecule has 0 aliphatic carbocycles. The van der Waals surface area contributed by atoms with E-state index in [4.69, 9.17) is 0 Å². The van der Waals surface area contributed by atoms with Gasteiger partial charge in [-0.05, 0) is 22.9 Å². The summed E-state index contributed by atoms with van der Waals surface area (Å²) in [6, 6.07) is 13.7. The van der Waals surface area contributed by atoms with Crippen LogP contribution in [0.2, 0.25) is 0 Å². The van der Waals surface area contributed by atoms with E-state index in [0.29, 0.717) is 18.8 Å². The molecule has 0 fully saturated rings. The Hall–Kier alpha value is -1.96. The van der Waals surface area contributed by atoms with Crippen LogP contribution in [0.3, 0.4) is 0 Å². The Morgan fingerprint density at radius 1 is 1.16 bits per heavy atom. The third kappa shape index (κ3) is 4.36. The van der Waals surface area contributed by atoms with E-state index in [1.807, 2.05) is 61.7 Å². The molecular weight excluding hydrogens is 354 g/mol. The zero-order valence-electron chi connectivity index (χ0n) is 14.2. The van der Waals surface area contributed by atoms with Gasteiger partial charge < -0.3 is 0 Å². The van der Waals surface area contributed by atoms with Gasteiger partial charge in [-0.1, -0.05) is 50.2 Å². The molecule has 2 aromatic heterocycles. The summed E-state index contributed by atoms with van der Waals surface area (Å²) >= 11 is 1.48. The molecule has 0 aliphatic rings. The SMILES string of the molecule is CC(C)CNS(=O)(=O)c1cn(Cc2ccccc2)nc1-c1cccs1. The van der Waals surface area contributed by atoms with E-state index in [2.05, 4.69) is 9.82 Å². The fraction of sp³-hybridized carbons (Fsp3) is 0.278. The van der Waals surface area contributed by atoms with Crippen molar-refractivity contribution in [2.75, 3.05) is 6.54 Å². The van der Waals surface area contributed by atoms with Crippen LogP contribution in [0.15, 0.2) is 58.9 Å². The molecule has 7 heteroatoms. The molecule has 0 atom stereocenters. The third-order valence-electron chi connectivity index (χ3n) is 3.64. The van der Waals surface area contributed by atoms with E-state index in [-0.39, 0.29) is 10.8 Å². The summed E-state index contributed by atoms with van der Waals surface area (Å²) in [4.78, 5) is 1.07. The molecular formula is C18H21N3O2S2. The van der Waals surface area contributed by atoms with Crippen molar-refractivity contribution in [1.29, 1.82) is 0 Å². The number of rotatable bonds is 7. The van der Waals surface area contributed by atoms with Gasteiger partial charge in [0.25, 0.3) is 0 Å². The zero-order valence-corrected chi connectivity index (χ0v) is 15.8. The second kappa shape index (κ2) is 7.51. The van der Waals surface area contributed by atoms with Crippen LogP contribution in [-0.4, -0.2) is 24.7 Å². The lowest BCUT2D eigenvalue weighted by molar-refractivity contribution is 0.560. The van der Waals surface area contributed by atoms with E-state index in [9.17, 15) is 8.42 Å². The molecule has 0 spiro atoms. The number of thiophene rings is 1.